The van der Waals surface area contributed by atoms with Gasteiger partial charge in [0.1, 0.15) is 0 Å². The van der Waals surface area contributed by atoms with Crippen molar-refractivity contribution >= 4 is 45.4 Å². The molecule has 1 saturated heterocycles. The molecule has 1 aliphatic heterocycles. The number of rotatable bonds is 8. The minimum Gasteiger partial charge on any atom is -0.364 e. The Morgan fingerprint density at radius 2 is 1.86 bits per heavy atom. The number of nitrogens with zero attached hydrogens (tertiary/aromatic N) is 6. The van der Waals surface area contributed by atoms with E-state index in [1.807, 2.05) is 58.0 Å². The Bertz CT molecular complexity index is 1530. The quantitative estimate of drug-likeness (QED) is 0.342. The Labute approximate surface area is 208 Å². The van der Waals surface area contributed by atoms with Crippen LogP contribution < -0.4 is 10.6 Å². The predicted molar refractivity (Wildman–Crippen MR) is 140 cm³/mol. The number of carbonyl (C=O) groups excluding carboxylic acids is 1. The lowest BCUT2D eigenvalue weighted by Crippen LogP contribution is -2.28. The maximum Gasteiger partial charge on any atom is 0.231 e. The summed E-state index contributed by atoms with van der Waals surface area (Å²) in [5.74, 6) is 1.34. The monoisotopic (exact) mass is 478 g/mol. The summed E-state index contributed by atoms with van der Waals surface area (Å²) in [6, 6.07) is 20.1. The molecule has 0 radical (unpaired) electrons. The van der Waals surface area contributed by atoms with Crippen LogP contribution >= 0.6 is 0 Å². The van der Waals surface area contributed by atoms with Crippen molar-refractivity contribution in [3.63, 3.8) is 0 Å². The molecular weight excluding hydrogens is 452 g/mol. The molecule has 9 nitrogen and oxygen atoms in total. The molecule has 36 heavy (non-hydrogen) atoms. The van der Waals surface area contributed by atoms with Gasteiger partial charge >= 0.3 is 0 Å². The summed E-state index contributed by atoms with van der Waals surface area (Å²) in [5, 5.41) is 7.82. The highest BCUT2D eigenvalue weighted by molar-refractivity contribution is 5.86. The molecule has 0 bridgehead atoms. The molecule has 1 fully saturated rings. The van der Waals surface area contributed by atoms with E-state index in [0.29, 0.717) is 43.3 Å². The number of anilines is 3. The molecule has 5 aromatic rings. The first kappa shape index (κ1) is 22.0. The van der Waals surface area contributed by atoms with Gasteiger partial charge in [-0.05, 0) is 36.2 Å². The van der Waals surface area contributed by atoms with Gasteiger partial charge in [0, 0.05) is 49.9 Å². The number of hydrogen-bond acceptors (Lipinski definition) is 7. The molecule has 9 heteroatoms. The van der Waals surface area contributed by atoms with Crippen LogP contribution in [0.15, 0.2) is 73.2 Å². The third-order valence-corrected chi connectivity index (χ3v) is 6.41. The van der Waals surface area contributed by atoms with Crippen molar-refractivity contribution in [2.45, 2.75) is 25.9 Å². The maximum atomic E-state index is 12.1. The Morgan fingerprint density at radius 3 is 2.72 bits per heavy atom. The minimum atomic E-state index is 0.215. The van der Waals surface area contributed by atoms with Crippen LogP contribution in [-0.4, -0.2) is 48.4 Å². The molecule has 0 saturated carbocycles. The lowest BCUT2D eigenvalue weighted by Gasteiger charge is -2.16. The first-order valence-electron chi connectivity index (χ1n) is 12.1. The second-order valence-corrected chi connectivity index (χ2v) is 8.87. The molecule has 0 unspecified atom stereocenters. The van der Waals surface area contributed by atoms with E-state index in [9.17, 15) is 4.79 Å². The Morgan fingerprint density at radius 1 is 0.944 bits per heavy atom. The van der Waals surface area contributed by atoms with Crippen LogP contribution in [0.2, 0.25) is 0 Å². The normalized spacial score (nSPS) is 13.6. The standard InChI is InChI=1S/C27H26N8O/c36-23-9-5-13-34(23)14-15-35-18-30-24-25(29-17-19-6-2-1-3-7-19)32-27(33-26(24)35)31-21-10-11-22-20(16-21)8-4-12-28-22/h1-4,6-8,10-12,16,18H,5,9,13-15,17H2,(H2,29,31,32,33). The van der Waals surface area contributed by atoms with Gasteiger partial charge in [0.05, 0.1) is 11.8 Å². The fourth-order valence-corrected chi connectivity index (χ4v) is 4.52. The summed E-state index contributed by atoms with van der Waals surface area (Å²) in [4.78, 5) is 32.6. The summed E-state index contributed by atoms with van der Waals surface area (Å²) in [5.41, 5.74) is 4.37. The van der Waals surface area contributed by atoms with E-state index in [0.717, 1.165) is 40.8 Å². The number of benzene rings is 2. The van der Waals surface area contributed by atoms with Crippen molar-refractivity contribution in [3.05, 3.63) is 78.8 Å². The van der Waals surface area contributed by atoms with Gasteiger partial charge in [0.2, 0.25) is 11.9 Å². The average Bonchev–Trinajstić information content (AvgIpc) is 3.52. The molecule has 2 aromatic carbocycles. The second-order valence-electron chi connectivity index (χ2n) is 8.87. The second kappa shape index (κ2) is 9.61. The maximum absolute atomic E-state index is 12.1. The van der Waals surface area contributed by atoms with Crippen LogP contribution in [0.4, 0.5) is 17.5 Å². The molecule has 1 aliphatic rings. The molecule has 6 rings (SSSR count). The van der Waals surface area contributed by atoms with Crippen molar-refractivity contribution in [3.8, 4) is 0 Å². The van der Waals surface area contributed by atoms with Crippen LogP contribution in [0.5, 0.6) is 0 Å². The van der Waals surface area contributed by atoms with Crippen LogP contribution in [0.25, 0.3) is 22.1 Å². The van der Waals surface area contributed by atoms with Gasteiger partial charge in [0.25, 0.3) is 0 Å². The topological polar surface area (TPSA) is 101 Å². The van der Waals surface area contributed by atoms with Crippen LogP contribution in [0.1, 0.15) is 18.4 Å². The minimum absolute atomic E-state index is 0.215. The van der Waals surface area contributed by atoms with Gasteiger partial charge in [-0.25, -0.2) is 4.98 Å². The van der Waals surface area contributed by atoms with E-state index in [1.54, 1.807) is 12.5 Å². The summed E-state index contributed by atoms with van der Waals surface area (Å²) in [6.07, 6.45) is 5.12. The van der Waals surface area contributed by atoms with Gasteiger partial charge in [-0.15, -0.1) is 0 Å². The van der Waals surface area contributed by atoms with Crippen molar-refractivity contribution in [2.24, 2.45) is 0 Å². The third kappa shape index (κ3) is 4.55. The first-order valence-corrected chi connectivity index (χ1v) is 12.1. The van der Waals surface area contributed by atoms with E-state index in [-0.39, 0.29) is 5.91 Å². The molecule has 0 aliphatic carbocycles. The van der Waals surface area contributed by atoms with Gasteiger partial charge in [-0.3, -0.25) is 9.78 Å². The van der Waals surface area contributed by atoms with Crippen molar-refractivity contribution in [1.29, 1.82) is 0 Å². The first-order chi connectivity index (χ1) is 17.7. The van der Waals surface area contributed by atoms with Gasteiger partial charge in [-0.2, -0.15) is 9.97 Å². The summed E-state index contributed by atoms with van der Waals surface area (Å²) >= 11 is 0. The van der Waals surface area contributed by atoms with Crippen molar-refractivity contribution < 1.29 is 4.79 Å². The molecule has 4 heterocycles. The van der Waals surface area contributed by atoms with Crippen molar-refractivity contribution in [2.75, 3.05) is 23.7 Å². The zero-order valence-electron chi connectivity index (χ0n) is 19.8. The summed E-state index contributed by atoms with van der Waals surface area (Å²) in [7, 11) is 0. The number of amides is 1. The number of imidazole rings is 1. The zero-order chi connectivity index (χ0) is 24.3. The molecule has 1 amide bonds. The Kier molecular flexibility index (Phi) is 5.87. The van der Waals surface area contributed by atoms with E-state index in [2.05, 4.69) is 32.7 Å². The smallest absolute Gasteiger partial charge is 0.231 e. The average molecular weight is 479 g/mol. The molecule has 0 atom stereocenters. The summed E-state index contributed by atoms with van der Waals surface area (Å²) in [6.45, 7) is 2.69. The largest absolute Gasteiger partial charge is 0.364 e. The number of carbonyl (C=O) groups is 1. The molecule has 0 spiro atoms. The zero-order valence-corrected chi connectivity index (χ0v) is 19.8. The predicted octanol–water partition coefficient (Wildman–Crippen LogP) is 4.35. The third-order valence-electron chi connectivity index (χ3n) is 6.41. The van der Waals surface area contributed by atoms with E-state index < -0.39 is 0 Å². The van der Waals surface area contributed by atoms with E-state index in [4.69, 9.17) is 9.97 Å². The number of aromatic nitrogens is 5. The fraction of sp³-hybridized carbons (Fsp3) is 0.222. The van der Waals surface area contributed by atoms with Crippen LogP contribution in [-0.2, 0) is 17.9 Å². The highest BCUT2D eigenvalue weighted by atomic mass is 16.2. The van der Waals surface area contributed by atoms with Gasteiger partial charge in [-0.1, -0.05) is 36.4 Å². The lowest BCUT2D eigenvalue weighted by molar-refractivity contribution is -0.127. The molecule has 3 aromatic heterocycles. The Balaban J connectivity index is 1.32. The van der Waals surface area contributed by atoms with Crippen LogP contribution in [0.3, 0.4) is 0 Å². The number of fused-ring (bicyclic) bond motifs is 2. The Hall–Kier alpha value is -4.53. The summed E-state index contributed by atoms with van der Waals surface area (Å²) < 4.78 is 1.99. The SMILES string of the molecule is O=C1CCCN1CCn1cnc2c(NCc3ccccc3)nc(Nc3ccc4ncccc4c3)nc21. The fourth-order valence-electron chi connectivity index (χ4n) is 4.52. The highest BCUT2D eigenvalue weighted by Gasteiger charge is 2.20. The molecule has 2 N–H and O–H groups in total. The van der Waals surface area contributed by atoms with E-state index in [1.165, 1.54) is 0 Å². The van der Waals surface area contributed by atoms with E-state index >= 15 is 0 Å². The number of hydrogen-bond donors (Lipinski definition) is 2. The number of nitrogens with one attached hydrogen (secondary N) is 2. The lowest BCUT2D eigenvalue weighted by atomic mass is 10.2. The molecule has 180 valence electrons. The van der Waals surface area contributed by atoms with Crippen molar-refractivity contribution in [1.82, 2.24) is 29.4 Å². The number of pyridine rings is 1. The van der Waals surface area contributed by atoms with Gasteiger partial charge in [0.15, 0.2) is 17.0 Å². The highest BCUT2D eigenvalue weighted by Crippen LogP contribution is 2.25. The van der Waals surface area contributed by atoms with Crippen LogP contribution in [0, 0.1) is 0 Å². The molecular formula is C27H26N8O. The van der Waals surface area contributed by atoms with Gasteiger partial charge < -0.3 is 20.1 Å². The number of likely N-dealkylation sites (tertiary alicyclic amines) is 1.